The smallest absolute Gasteiger partial charge is 0.270 e. The first-order valence-corrected chi connectivity index (χ1v) is 10.7. The molecule has 2 heterocycles. The molecule has 2 aromatic carbocycles. The molecular weight excluding hydrogens is 420 g/mol. The lowest BCUT2D eigenvalue weighted by Gasteiger charge is -2.41. The summed E-state index contributed by atoms with van der Waals surface area (Å²) in [5.74, 6) is -0.206. The highest BCUT2D eigenvalue weighted by molar-refractivity contribution is 7.21. The summed E-state index contributed by atoms with van der Waals surface area (Å²) in [5, 5.41) is 12.1. The number of aryl methyl sites for hydroxylation is 2. The normalized spacial score (nSPS) is 15.1. The van der Waals surface area contributed by atoms with E-state index in [1.165, 1.54) is 29.0 Å². The molecule has 0 unspecified atom stereocenters. The maximum absolute atomic E-state index is 13.8. The Hall–Kier alpha value is -2.70. The zero-order chi connectivity index (χ0) is 22.0. The Morgan fingerprint density at radius 3 is 2.47 bits per heavy atom. The number of amides is 1. The second-order valence-electron chi connectivity index (χ2n) is 8.26. The van der Waals surface area contributed by atoms with Gasteiger partial charge in [0.2, 0.25) is 0 Å². The molecule has 0 bridgehead atoms. The van der Waals surface area contributed by atoms with Crippen molar-refractivity contribution in [1.82, 2.24) is 0 Å². The highest BCUT2D eigenvalue weighted by Gasteiger charge is 2.38. The molecule has 0 atom stereocenters. The molecule has 154 valence electrons. The number of allylic oxidation sites excluding steroid dienone is 1. The fourth-order valence-electron chi connectivity index (χ4n) is 4.06. The van der Waals surface area contributed by atoms with E-state index in [1.54, 1.807) is 11.0 Å². The van der Waals surface area contributed by atoms with Crippen LogP contribution in [0.2, 0.25) is 5.02 Å². The van der Waals surface area contributed by atoms with Crippen LogP contribution in [-0.2, 0) is 0 Å². The second kappa shape index (κ2) is 6.93. The van der Waals surface area contributed by atoms with Crippen molar-refractivity contribution in [3.63, 3.8) is 0 Å². The van der Waals surface area contributed by atoms with E-state index in [0.29, 0.717) is 20.0 Å². The summed E-state index contributed by atoms with van der Waals surface area (Å²) in [6.45, 7) is 10.1. The third kappa shape index (κ3) is 3.11. The van der Waals surface area contributed by atoms with Gasteiger partial charge < -0.3 is 0 Å². The van der Waals surface area contributed by atoms with Gasteiger partial charge in [0.1, 0.15) is 4.88 Å². The molecule has 0 saturated heterocycles. The predicted molar refractivity (Wildman–Crippen MR) is 124 cm³/mol. The summed E-state index contributed by atoms with van der Waals surface area (Å²) in [5.41, 5.74) is 4.71. The summed E-state index contributed by atoms with van der Waals surface area (Å²) in [4.78, 5) is 26.6. The van der Waals surface area contributed by atoms with Crippen LogP contribution in [0.1, 0.15) is 47.1 Å². The number of fused-ring (bicyclic) bond motifs is 2. The molecular formula is C23H21ClN2O3S. The number of non-ortho nitro benzene ring substituents is 1. The van der Waals surface area contributed by atoms with E-state index in [2.05, 4.69) is 26.0 Å². The van der Waals surface area contributed by atoms with Crippen molar-refractivity contribution in [1.29, 1.82) is 0 Å². The first-order valence-electron chi connectivity index (χ1n) is 9.53. The Kier molecular flexibility index (Phi) is 4.75. The average molecular weight is 441 g/mol. The van der Waals surface area contributed by atoms with Crippen molar-refractivity contribution < 1.29 is 9.72 Å². The lowest BCUT2D eigenvalue weighted by Crippen LogP contribution is -2.48. The largest absolute Gasteiger partial charge is 0.298 e. The Balaban J connectivity index is 1.90. The van der Waals surface area contributed by atoms with Crippen LogP contribution in [-0.4, -0.2) is 16.4 Å². The molecule has 0 fully saturated rings. The molecule has 3 aromatic rings. The Morgan fingerprint density at radius 2 is 1.80 bits per heavy atom. The van der Waals surface area contributed by atoms with Crippen molar-refractivity contribution in [3.8, 4) is 0 Å². The second-order valence-corrected chi connectivity index (χ2v) is 9.69. The van der Waals surface area contributed by atoms with Gasteiger partial charge in [-0.25, -0.2) is 0 Å². The van der Waals surface area contributed by atoms with Gasteiger partial charge in [0.05, 0.1) is 21.2 Å². The first-order chi connectivity index (χ1) is 14.0. The summed E-state index contributed by atoms with van der Waals surface area (Å²) in [6, 6.07) is 8.65. The van der Waals surface area contributed by atoms with Crippen molar-refractivity contribution >= 4 is 55.9 Å². The number of nitrogens with zero attached hydrogens (tertiary/aromatic N) is 2. The quantitative estimate of drug-likeness (QED) is 0.321. The van der Waals surface area contributed by atoms with Crippen LogP contribution in [0.4, 0.5) is 11.4 Å². The monoisotopic (exact) mass is 440 g/mol. The lowest BCUT2D eigenvalue weighted by atomic mass is 9.87. The molecule has 5 nitrogen and oxygen atoms in total. The number of carbonyl (C=O) groups is 1. The number of benzene rings is 2. The van der Waals surface area contributed by atoms with E-state index >= 15 is 0 Å². The molecule has 1 aliphatic heterocycles. The van der Waals surface area contributed by atoms with Gasteiger partial charge >= 0.3 is 0 Å². The van der Waals surface area contributed by atoms with Gasteiger partial charge in [-0.1, -0.05) is 17.7 Å². The van der Waals surface area contributed by atoms with E-state index in [9.17, 15) is 14.9 Å². The summed E-state index contributed by atoms with van der Waals surface area (Å²) < 4.78 is 0.624. The van der Waals surface area contributed by atoms with Crippen molar-refractivity contribution in [2.45, 2.75) is 40.2 Å². The van der Waals surface area contributed by atoms with Gasteiger partial charge in [-0.3, -0.25) is 19.8 Å². The molecule has 7 heteroatoms. The predicted octanol–water partition coefficient (Wildman–Crippen LogP) is 6.92. The van der Waals surface area contributed by atoms with E-state index < -0.39 is 10.5 Å². The van der Waals surface area contributed by atoms with Gasteiger partial charge in [0, 0.05) is 27.8 Å². The number of rotatable bonds is 2. The molecule has 0 radical (unpaired) electrons. The number of halogens is 1. The lowest BCUT2D eigenvalue weighted by molar-refractivity contribution is -0.384. The Morgan fingerprint density at radius 1 is 1.13 bits per heavy atom. The topological polar surface area (TPSA) is 63.5 Å². The number of hydrogen-bond acceptors (Lipinski definition) is 4. The maximum atomic E-state index is 13.8. The zero-order valence-corrected chi connectivity index (χ0v) is 18.9. The number of hydrogen-bond donors (Lipinski definition) is 0. The van der Waals surface area contributed by atoms with Crippen LogP contribution in [0, 0.1) is 24.0 Å². The van der Waals surface area contributed by atoms with E-state index in [1.807, 2.05) is 26.8 Å². The third-order valence-corrected chi connectivity index (χ3v) is 7.29. The van der Waals surface area contributed by atoms with Crippen LogP contribution in [0.3, 0.4) is 0 Å². The maximum Gasteiger partial charge on any atom is 0.270 e. The van der Waals surface area contributed by atoms with E-state index in [4.69, 9.17) is 11.6 Å². The van der Waals surface area contributed by atoms with Crippen molar-refractivity contribution in [2.75, 3.05) is 4.90 Å². The van der Waals surface area contributed by atoms with E-state index in [0.717, 1.165) is 22.4 Å². The highest BCUT2D eigenvalue weighted by Crippen LogP contribution is 2.44. The summed E-state index contributed by atoms with van der Waals surface area (Å²) >= 11 is 7.78. The van der Waals surface area contributed by atoms with Crippen molar-refractivity contribution in [3.05, 3.63) is 73.1 Å². The van der Waals surface area contributed by atoms with Crippen LogP contribution in [0.25, 0.3) is 15.7 Å². The number of nitro benzene ring substituents is 1. The van der Waals surface area contributed by atoms with Crippen LogP contribution in [0.5, 0.6) is 0 Å². The summed E-state index contributed by atoms with van der Waals surface area (Å²) in [7, 11) is 0. The molecule has 1 aliphatic rings. The van der Waals surface area contributed by atoms with Gasteiger partial charge in [0.15, 0.2) is 0 Å². The minimum absolute atomic E-state index is 0.0206. The molecule has 0 N–H and O–H groups in total. The SMILES string of the molecule is CC1=CC(C)(C)N(C(=O)c2sc3cc([N+](=O)[O-])ccc3c2Cl)c2cc(C)c(C)cc21. The standard InChI is InChI=1S/C23H21ClN2O3S/c1-12-8-17-14(3)11-23(4,5)25(18(17)9-13(12)2)22(27)21-20(24)16-7-6-15(26(28)29)10-19(16)30-21/h6-11H,1-5H3. The van der Waals surface area contributed by atoms with Crippen LogP contribution < -0.4 is 4.90 Å². The molecule has 4 rings (SSSR count). The average Bonchev–Trinajstić information content (AvgIpc) is 2.99. The van der Waals surface area contributed by atoms with Gasteiger partial charge in [-0.15, -0.1) is 11.3 Å². The van der Waals surface area contributed by atoms with Crippen LogP contribution in [0.15, 0.2) is 36.4 Å². The molecule has 30 heavy (non-hydrogen) atoms. The summed E-state index contributed by atoms with van der Waals surface area (Å²) in [6.07, 6.45) is 2.09. The minimum Gasteiger partial charge on any atom is -0.298 e. The number of anilines is 1. The van der Waals surface area contributed by atoms with Crippen molar-refractivity contribution in [2.24, 2.45) is 0 Å². The highest BCUT2D eigenvalue weighted by atomic mass is 35.5. The molecule has 0 spiro atoms. The van der Waals surface area contributed by atoms with Gasteiger partial charge in [-0.2, -0.15) is 0 Å². The fourth-order valence-corrected chi connectivity index (χ4v) is 5.54. The van der Waals surface area contributed by atoms with Gasteiger partial charge in [0.25, 0.3) is 11.6 Å². The minimum atomic E-state index is -0.554. The molecule has 1 amide bonds. The van der Waals surface area contributed by atoms with Crippen LogP contribution >= 0.6 is 22.9 Å². The third-order valence-electron chi connectivity index (χ3n) is 5.65. The molecule has 0 aliphatic carbocycles. The number of carbonyl (C=O) groups excluding carboxylic acids is 1. The van der Waals surface area contributed by atoms with Gasteiger partial charge in [-0.05, 0) is 69.5 Å². The fraction of sp³-hybridized carbons (Fsp3) is 0.261. The zero-order valence-electron chi connectivity index (χ0n) is 17.4. The first kappa shape index (κ1) is 20.6. The van der Waals surface area contributed by atoms with E-state index in [-0.39, 0.29) is 11.6 Å². The Labute approximate surface area is 183 Å². The molecule has 1 aromatic heterocycles. The number of thiophene rings is 1. The Bertz CT molecular complexity index is 1270. The molecule has 0 saturated carbocycles. The number of nitro groups is 1.